The summed E-state index contributed by atoms with van der Waals surface area (Å²) in [6.45, 7) is 3.61. The Hall–Kier alpha value is -0.310. The van der Waals surface area contributed by atoms with Gasteiger partial charge in [-0.3, -0.25) is 0 Å². The van der Waals surface area contributed by atoms with Gasteiger partial charge in [-0.15, -0.1) is 6.58 Å². The fourth-order valence-corrected chi connectivity index (χ4v) is 1.70. The van der Waals surface area contributed by atoms with Gasteiger partial charge in [0.05, 0.1) is 0 Å². The smallest absolute Gasteiger partial charge is 0.0493 e. The van der Waals surface area contributed by atoms with Crippen LogP contribution in [0.25, 0.3) is 0 Å². The molecule has 0 fully saturated rings. The molecule has 64 valence electrons. The van der Waals surface area contributed by atoms with E-state index in [0.29, 0.717) is 5.02 Å². The molecule has 0 bridgehead atoms. The Balaban J connectivity index is 3.09. The molecule has 3 heteroatoms. The molecule has 0 amide bonds. The second kappa shape index (κ2) is 4.08. The Morgan fingerprint density at radius 3 is 2.75 bits per heavy atom. The van der Waals surface area contributed by atoms with Crippen molar-refractivity contribution in [2.45, 2.75) is 6.04 Å². The molecule has 12 heavy (non-hydrogen) atoms. The Labute approximate surface area is 85.3 Å². The lowest BCUT2D eigenvalue weighted by molar-refractivity contribution is 0.914. The maximum atomic E-state index is 5.95. The van der Waals surface area contributed by atoms with Crippen molar-refractivity contribution in [2.24, 2.45) is 5.73 Å². The summed E-state index contributed by atoms with van der Waals surface area (Å²) in [5.74, 6) is 0. The zero-order chi connectivity index (χ0) is 9.14. The first-order valence-electron chi connectivity index (χ1n) is 3.48. The highest BCUT2D eigenvalue weighted by Gasteiger charge is 2.05. The predicted octanol–water partition coefficient (Wildman–Crippen LogP) is 3.29. The first kappa shape index (κ1) is 9.78. The highest BCUT2D eigenvalue weighted by atomic mass is 79.9. The third kappa shape index (κ3) is 2.09. The van der Waals surface area contributed by atoms with Crippen LogP contribution < -0.4 is 5.73 Å². The van der Waals surface area contributed by atoms with E-state index in [1.807, 2.05) is 18.2 Å². The van der Waals surface area contributed by atoms with Gasteiger partial charge < -0.3 is 5.73 Å². The summed E-state index contributed by atoms with van der Waals surface area (Å²) in [7, 11) is 0. The van der Waals surface area contributed by atoms with Crippen LogP contribution in [0.5, 0.6) is 0 Å². The molecular formula is C9H9BrClN. The number of halogens is 2. The molecule has 0 radical (unpaired) electrons. The van der Waals surface area contributed by atoms with Crippen LogP contribution in [0, 0.1) is 0 Å². The summed E-state index contributed by atoms with van der Waals surface area (Å²) >= 11 is 9.26. The summed E-state index contributed by atoms with van der Waals surface area (Å²) in [6, 6.07) is 5.43. The van der Waals surface area contributed by atoms with Gasteiger partial charge in [0.2, 0.25) is 0 Å². The molecule has 2 N–H and O–H groups in total. The zero-order valence-electron chi connectivity index (χ0n) is 6.43. The Kier molecular flexibility index (Phi) is 3.32. The van der Waals surface area contributed by atoms with Crippen LogP contribution in [-0.2, 0) is 0 Å². The minimum Gasteiger partial charge on any atom is -0.321 e. The second-order valence-corrected chi connectivity index (χ2v) is 3.75. The number of rotatable bonds is 2. The standard InChI is InChI=1S/C9H9BrClN/c1-2-9(12)7-4-3-6(10)5-8(7)11/h2-5,9H,1,12H2. The van der Waals surface area contributed by atoms with Gasteiger partial charge in [0.1, 0.15) is 0 Å². The molecule has 0 heterocycles. The van der Waals surface area contributed by atoms with Gasteiger partial charge in [-0.1, -0.05) is 39.7 Å². The first-order chi connectivity index (χ1) is 5.65. The molecule has 1 aromatic rings. The van der Waals surface area contributed by atoms with Gasteiger partial charge in [-0.05, 0) is 17.7 Å². The van der Waals surface area contributed by atoms with Crippen molar-refractivity contribution in [3.05, 3.63) is 45.9 Å². The lowest BCUT2D eigenvalue weighted by Crippen LogP contribution is -2.06. The Morgan fingerprint density at radius 2 is 2.25 bits per heavy atom. The minimum absolute atomic E-state index is 0.189. The largest absolute Gasteiger partial charge is 0.321 e. The van der Waals surface area contributed by atoms with E-state index >= 15 is 0 Å². The van der Waals surface area contributed by atoms with Crippen molar-refractivity contribution in [1.29, 1.82) is 0 Å². The van der Waals surface area contributed by atoms with E-state index in [1.165, 1.54) is 0 Å². The number of hydrogen-bond acceptors (Lipinski definition) is 1. The third-order valence-corrected chi connectivity index (χ3v) is 2.40. The highest BCUT2D eigenvalue weighted by Crippen LogP contribution is 2.25. The Morgan fingerprint density at radius 1 is 1.58 bits per heavy atom. The number of hydrogen-bond donors (Lipinski definition) is 1. The van der Waals surface area contributed by atoms with E-state index in [2.05, 4.69) is 22.5 Å². The molecule has 0 aliphatic carbocycles. The van der Waals surface area contributed by atoms with Crippen molar-refractivity contribution < 1.29 is 0 Å². The minimum atomic E-state index is -0.189. The molecule has 1 atom stereocenters. The maximum Gasteiger partial charge on any atom is 0.0493 e. The Bertz CT molecular complexity index is 299. The van der Waals surface area contributed by atoms with Gasteiger partial charge in [-0.2, -0.15) is 0 Å². The normalized spacial score (nSPS) is 12.6. The SMILES string of the molecule is C=CC(N)c1ccc(Br)cc1Cl. The molecule has 0 aliphatic heterocycles. The van der Waals surface area contributed by atoms with Crippen LogP contribution in [0.2, 0.25) is 5.02 Å². The summed E-state index contributed by atoms with van der Waals surface area (Å²) in [5.41, 5.74) is 6.63. The average Bonchev–Trinajstić information content (AvgIpc) is 2.03. The van der Waals surface area contributed by atoms with Gasteiger partial charge in [0.25, 0.3) is 0 Å². The van der Waals surface area contributed by atoms with E-state index in [-0.39, 0.29) is 6.04 Å². The van der Waals surface area contributed by atoms with Crippen LogP contribution in [0.1, 0.15) is 11.6 Å². The van der Waals surface area contributed by atoms with Crippen molar-refractivity contribution in [3.8, 4) is 0 Å². The fraction of sp³-hybridized carbons (Fsp3) is 0.111. The topological polar surface area (TPSA) is 26.0 Å². The van der Waals surface area contributed by atoms with Crippen molar-refractivity contribution in [3.63, 3.8) is 0 Å². The molecule has 0 aliphatic rings. The predicted molar refractivity (Wildman–Crippen MR) is 56.3 cm³/mol. The molecule has 1 nitrogen and oxygen atoms in total. The molecule has 0 spiro atoms. The van der Waals surface area contributed by atoms with Crippen molar-refractivity contribution in [1.82, 2.24) is 0 Å². The zero-order valence-corrected chi connectivity index (χ0v) is 8.77. The van der Waals surface area contributed by atoms with E-state index < -0.39 is 0 Å². The van der Waals surface area contributed by atoms with Crippen LogP contribution >= 0.6 is 27.5 Å². The van der Waals surface area contributed by atoms with Crippen LogP contribution in [-0.4, -0.2) is 0 Å². The molecule has 1 aromatic carbocycles. The molecule has 1 unspecified atom stereocenters. The first-order valence-corrected chi connectivity index (χ1v) is 4.65. The van der Waals surface area contributed by atoms with E-state index in [9.17, 15) is 0 Å². The van der Waals surface area contributed by atoms with Crippen LogP contribution in [0.15, 0.2) is 35.3 Å². The quantitative estimate of drug-likeness (QED) is 0.796. The average molecular weight is 247 g/mol. The van der Waals surface area contributed by atoms with E-state index in [1.54, 1.807) is 6.08 Å². The summed E-state index contributed by atoms with van der Waals surface area (Å²) < 4.78 is 0.951. The number of benzene rings is 1. The van der Waals surface area contributed by atoms with Crippen molar-refractivity contribution >= 4 is 27.5 Å². The summed E-state index contributed by atoms with van der Waals surface area (Å²) in [4.78, 5) is 0. The summed E-state index contributed by atoms with van der Waals surface area (Å²) in [5, 5.41) is 0.664. The van der Waals surface area contributed by atoms with Gasteiger partial charge >= 0.3 is 0 Å². The van der Waals surface area contributed by atoms with Gasteiger partial charge in [0.15, 0.2) is 0 Å². The maximum absolute atomic E-state index is 5.95. The van der Waals surface area contributed by atoms with Gasteiger partial charge in [-0.25, -0.2) is 0 Å². The van der Waals surface area contributed by atoms with E-state index in [0.717, 1.165) is 10.0 Å². The van der Waals surface area contributed by atoms with E-state index in [4.69, 9.17) is 17.3 Å². The van der Waals surface area contributed by atoms with Crippen LogP contribution in [0.4, 0.5) is 0 Å². The lowest BCUT2D eigenvalue weighted by atomic mass is 10.1. The molecule has 0 saturated heterocycles. The lowest BCUT2D eigenvalue weighted by Gasteiger charge is -2.08. The van der Waals surface area contributed by atoms with Crippen molar-refractivity contribution in [2.75, 3.05) is 0 Å². The molecule has 0 saturated carbocycles. The van der Waals surface area contributed by atoms with Crippen LogP contribution in [0.3, 0.4) is 0 Å². The third-order valence-electron chi connectivity index (χ3n) is 1.58. The fourth-order valence-electron chi connectivity index (χ4n) is 0.899. The second-order valence-electron chi connectivity index (χ2n) is 2.43. The molecule has 0 aromatic heterocycles. The van der Waals surface area contributed by atoms with Gasteiger partial charge in [0, 0.05) is 15.5 Å². The molecular weight excluding hydrogens is 237 g/mol. The monoisotopic (exact) mass is 245 g/mol. The summed E-state index contributed by atoms with van der Waals surface area (Å²) in [6.07, 6.45) is 1.66. The number of nitrogens with two attached hydrogens (primary N) is 1. The highest BCUT2D eigenvalue weighted by molar-refractivity contribution is 9.10. The molecule has 1 rings (SSSR count).